The first-order valence-electron chi connectivity index (χ1n) is 2.65. The second-order valence-corrected chi connectivity index (χ2v) is 1.82. The van der Waals surface area contributed by atoms with Gasteiger partial charge in [-0.1, -0.05) is 0 Å². The highest BCUT2D eigenvalue weighted by atomic mass is 14.9. The molecule has 50 valence electrons. The monoisotopic (exact) mass is 134 g/mol. The summed E-state index contributed by atoms with van der Waals surface area (Å²) in [6, 6.07) is 4.85. The van der Waals surface area contributed by atoms with E-state index >= 15 is 0 Å². The van der Waals surface area contributed by atoms with Crippen LogP contribution >= 0.6 is 0 Å². The van der Waals surface area contributed by atoms with Crippen LogP contribution in [0.4, 0.5) is 11.6 Å². The highest BCUT2D eigenvalue weighted by Crippen LogP contribution is 2.06. The maximum absolute atomic E-state index is 8.40. The van der Waals surface area contributed by atoms with Crippen LogP contribution in [0.3, 0.4) is 0 Å². The van der Waals surface area contributed by atoms with Crippen LogP contribution in [0.1, 0.15) is 5.56 Å². The van der Waals surface area contributed by atoms with E-state index in [0.717, 1.165) is 0 Å². The molecular weight excluding hydrogens is 128 g/mol. The van der Waals surface area contributed by atoms with Gasteiger partial charge in [-0.25, -0.2) is 4.98 Å². The highest BCUT2D eigenvalue weighted by Gasteiger charge is 1.94. The minimum atomic E-state index is 0.275. The van der Waals surface area contributed by atoms with Crippen molar-refractivity contribution < 1.29 is 0 Å². The molecule has 0 bridgehead atoms. The van der Waals surface area contributed by atoms with Gasteiger partial charge in [0, 0.05) is 0 Å². The zero-order valence-electron chi connectivity index (χ0n) is 5.20. The normalized spacial score (nSPS) is 8.70. The molecule has 4 N–H and O–H groups in total. The molecule has 0 saturated carbocycles. The van der Waals surface area contributed by atoms with Gasteiger partial charge in [-0.3, -0.25) is 0 Å². The van der Waals surface area contributed by atoms with Crippen molar-refractivity contribution in [3.63, 3.8) is 0 Å². The minimum absolute atomic E-state index is 0.275. The van der Waals surface area contributed by atoms with E-state index in [9.17, 15) is 0 Å². The summed E-state index contributed by atoms with van der Waals surface area (Å²) in [5, 5.41) is 8.40. The van der Waals surface area contributed by atoms with Gasteiger partial charge in [0.05, 0.1) is 11.6 Å². The van der Waals surface area contributed by atoms with Crippen LogP contribution in [0.5, 0.6) is 0 Å². The predicted octanol–water partition coefficient (Wildman–Crippen LogP) is 0.118. The van der Waals surface area contributed by atoms with Crippen molar-refractivity contribution in [2.75, 3.05) is 11.5 Å². The summed E-state index contributed by atoms with van der Waals surface area (Å²) in [4.78, 5) is 3.69. The largest absolute Gasteiger partial charge is 0.384 e. The zero-order valence-corrected chi connectivity index (χ0v) is 5.20. The Kier molecular flexibility index (Phi) is 1.42. The minimum Gasteiger partial charge on any atom is -0.384 e. The summed E-state index contributed by atoms with van der Waals surface area (Å²) in [5.41, 5.74) is 11.0. The van der Waals surface area contributed by atoms with Crippen LogP contribution in [0.25, 0.3) is 0 Å². The van der Waals surface area contributed by atoms with Crippen LogP contribution in [-0.2, 0) is 0 Å². The fourth-order valence-electron chi connectivity index (χ4n) is 0.638. The second kappa shape index (κ2) is 2.23. The van der Waals surface area contributed by atoms with Crippen LogP contribution in [0.15, 0.2) is 12.1 Å². The van der Waals surface area contributed by atoms with Crippen molar-refractivity contribution >= 4 is 11.6 Å². The third-order valence-electron chi connectivity index (χ3n) is 0.994. The van der Waals surface area contributed by atoms with E-state index in [1.807, 2.05) is 6.07 Å². The molecule has 4 heteroatoms. The van der Waals surface area contributed by atoms with Gasteiger partial charge in [-0.15, -0.1) is 0 Å². The molecule has 0 saturated heterocycles. The summed E-state index contributed by atoms with van der Waals surface area (Å²) >= 11 is 0. The Morgan fingerprint density at radius 3 is 2.20 bits per heavy atom. The number of hydrogen-bond donors (Lipinski definition) is 2. The lowest BCUT2D eigenvalue weighted by atomic mass is 10.3. The molecule has 4 nitrogen and oxygen atoms in total. The van der Waals surface area contributed by atoms with Gasteiger partial charge in [0.2, 0.25) is 0 Å². The topological polar surface area (TPSA) is 88.7 Å². The zero-order chi connectivity index (χ0) is 7.56. The Morgan fingerprint density at radius 1 is 1.30 bits per heavy atom. The average Bonchev–Trinajstić information content (AvgIpc) is 1.85. The molecule has 0 spiro atoms. The van der Waals surface area contributed by atoms with E-state index in [1.54, 1.807) is 0 Å². The van der Waals surface area contributed by atoms with Gasteiger partial charge in [-0.05, 0) is 12.1 Å². The molecule has 10 heavy (non-hydrogen) atoms. The first kappa shape index (κ1) is 6.36. The first-order valence-corrected chi connectivity index (χ1v) is 2.65. The molecule has 0 radical (unpaired) electrons. The van der Waals surface area contributed by atoms with Gasteiger partial charge < -0.3 is 11.5 Å². The summed E-state index contributed by atoms with van der Waals surface area (Å²) in [6.07, 6.45) is 0. The third kappa shape index (κ3) is 1.14. The van der Waals surface area contributed by atoms with Crippen molar-refractivity contribution in [1.82, 2.24) is 4.98 Å². The smallest absolute Gasteiger partial charge is 0.127 e. The van der Waals surface area contributed by atoms with Crippen LogP contribution in [-0.4, -0.2) is 4.98 Å². The van der Waals surface area contributed by atoms with E-state index in [1.165, 1.54) is 12.1 Å². The SMILES string of the molecule is N#Cc1cc(N)nc(N)c1. The molecule has 0 unspecified atom stereocenters. The van der Waals surface area contributed by atoms with E-state index < -0.39 is 0 Å². The molecule has 0 aliphatic carbocycles. The van der Waals surface area contributed by atoms with E-state index in [0.29, 0.717) is 5.56 Å². The fraction of sp³-hybridized carbons (Fsp3) is 0. The number of anilines is 2. The molecule has 1 aromatic heterocycles. The standard InChI is InChI=1S/C6H6N4/c7-3-4-1-5(8)10-6(9)2-4/h1-2H,(H4,8,9,10). The number of hydrogen-bond acceptors (Lipinski definition) is 4. The average molecular weight is 134 g/mol. The van der Waals surface area contributed by atoms with Gasteiger partial charge >= 0.3 is 0 Å². The van der Waals surface area contributed by atoms with Crippen LogP contribution in [0, 0.1) is 11.3 Å². The quantitative estimate of drug-likeness (QED) is 0.527. The number of rotatable bonds is 0. The summed E-state index contributed by atoms with van der Waals surface area (Å²) in [6.45, 7) is 0. The number of nitrogen functional groups attached to an aromatic ring is 2. The molecule has 0 aromatic carbocycles. The molecule has 0 aliphatic rings. The second-order valence-electron chi connectivity index (χ2n) is 1.82. The van der Waals surface area contributed by atoms with Crippen molar-refractivity contribution in [2.45, 2.75) is 0 Å². The van der Waals surface area contributed by atoms with E-state index in [-0.39, 0.29) is 11.6 Å². The lowest BCUT2D eigenvalue weighted by molar-refractivity contribution is 1.33. The molecule has 0 amide bonds. The Bertz CT molecular complexity index is 266. The van der Waals surface area contributed by atoms with Gasteiger partial charge in [0.15, 0.2) is 0 Å². The number of nitrogens with zero attached hydrogens (tertiary/aromatic N) is 2. The maximum Gasteiger partial charge on any atom is 0.127 e. The Labute approximate surface area is 58.1 Å². The van der Waals surface area contributed by atoms with Crippen molar-refractivity contribution in [3.8, 4) is 6.07 Å². The Hall–Kier alpha value is -1.76. The van der Waals surface area contributed by atoms with E-state index in [2.05, 4.69) is 4.98 Å². The predicted molar refractivity (Wildman–Crippen MR) is 37.8 cm³/mol. The van der Waals surface area contributed by atoms with Gasteiger partial charge in [0.25, 0.3) is 0 Å². The molecule has 0 fully saturated rings. The highest BCUT2D eigenvalue weighted by molar-refractivity contribution is 5.47. The lowest BCUT2D eigenvalue weighted by Crippen LogP contribution is -1.96. The summed E-state index contributed by atoms with van der Waals surface area (Å²) in [7, 11) is 0. The van der Waals surface area contributed by atoms with E-state index in [4.69, 9.17) is 16.7 Å². The van der Waals surface area contributed by atoms with Crippen molar-refractivity contribution in [1.29, 1.82) is 5.26 Å². The fourth-order valence-corrected chi connectivity index (χ4v) is 0.638. The number of nitriles is 1. The molecule has 0 atom stereocenters. The van der Waals surface area contributed by atoms with Crippen LogP contribution < -0.4 is 11.5 Å². The first-order chi connectivity index (χ1) is 4.72. The number of nitrogens with two attached hydrogens (primary N) is 2. The summed E-state index contributed by atoms with van der Waals surface area (Å²) < 4.78 is 0. The third-order valence-corrected chi connectivity index (χ3v) is 0.994. The number of pyridine rings is 1. The van der Waals surface area contributed by atoms with Gasteiger partial charge in [0.1, 0.15) is 11.6 Å². The van der Waals surface area contributed by atoms with Gasteiger partial charge in [-0.2, -0.15) is 5.26 Å². The molecule has 1 aromatic rings. The Balaban J connectivity index is 3.22. The molecule has 1 heterocycles. The summed E-state index contributed by atoms with van der Waals surface area (Å²) in [5.74, 6) is 0.549. The molecule has 1 rings (SSSR count). The molecular formula is C6H6N4. The molecule has 0 aliphatic heterocycles. The maximum atomic E-state index is 8.40. The van der Waals surface area contributed by atoms with Crippen molar-refractivity contribution in [3.05, 3.63) is 17.7 Å². The van der Waals surface area contributed by atoms with Crippen molar-refractivity contribution in [2.24, 2.45) is 0 Å². The van der Waals surface area contributed by atoms with Crippen LogP contribution in [0.2, 0.25) is 0 Å². The Morgan fingerprint density at radius 2 is 1.80 bits per heavy atom. The lowest BCUT2D eigenvalue weighted by Gasteiger charge is -1.94. The number of aromatic nitrogens is 1.